The molecule has 6 nitrogen and oxygen atoms in total. The van der Waals surface area contributed by atoms with Crippen molar-refractivity contribution in [2.75, 3.05) is 18.5 Å². The van der Waals surface area contributed by atoms with Crippen LogP contribution in [0, 0.1) is 0 Å². The minimum absolute atomic E-state index is 0.178. The second-order valence-electron chi connectivity index (χ2n) is 4.55. The molecule has 0 fully saturated rings. The van der Waals surface area contributed by atoms with E-state index in [1.54, 1.807) is 11.5 Å². The molecule has 1 amide bonds. The third kappa shape index (κ3) is 5.55. The molecule has 0 aliphatic heterocycles. The zero-order valence-electron chi connectivity index (χ0n) is 12.5. The van der Waals surface area contributed by atoms with E-state index >= 15 is 0 Å². The first kappa shape index (κ1) is 16.7. The van der Waals surface area contributed by atoms with Crippen LogP contribution in [0.15, 0.2) is 48.4 Å². The number of nitrogens with zero attached hydrogens (tertiary/aromatic N) is 1. The summed E-state index contributed by atoms with van der Waals surface area (Å²) in [6.45, 7) is 4.20. The van der Waals surface area contributed by atoms with Crippen molar-refractivity contribution in [3.05, 3.63) is 59.6 Å². The first-order chi connectivity index (χ1) is 11.2. The molecule has 0 unspecified atom stereocenters. The van der Waals surface area contributed by atoms with Crippen LogP contribution in [0.25, 0.3) is 0 Å². The normalized spacial score (nSPS) is 9.91. The first-order valence-corrected chi connectivity index (χ1v) is 7.85. The Bertz CT molecular complexity index is 670. The van der Waals surface area contributed by atoms with Gasteiger partial charge in [-0.2, -0.15) is 0 Å². The fourth-order valence-corrected chi connectivity index (χ4v) is 2.35. The molecule has 1 aromatic carbocycles. The molecule has 0 atom stereocenters. The smallest absolute Gasteiger partial charge is 0.358 e. The summed E-state index contributed by atoms with van der Waals surface area (Å²) in [7, 11) is 0. The fourth-order valence-electron chi connectivity index (χ4n) is 1.66. The van der Waals surface area contributed by atoms with Gasteiger partial charge in [0.2, 0.25) is 0 Å². The van der Waals surface area contributed by atoms with Crippen LogP contribution >= 0.6 is 11.3 Å². The maximum Gasteiger partial charge on any atom is 0.358 e. The predicted octanol–water partition coefficient (Wildman–Crippen LogP) is 2.21. The third-order valence-electron chi connectivity index (χ3n) is 2.78. The van der Waals surface area contributed by atoms with Crippen LogP contribution in [-0.4, -0.2) is 30.0 Å². The Morgan fingerprint density at radius 1 is 1.30 bits per heavy atom. The molecule has 120 valence electrons. The lowest BCUT2D eigenvalue weighted by Gasteiger charge is -2.05. The highest BCUT2D eigenvalue weighted by Gasteiger charge is 2.13. The Kier molecular flexibility index (Phi) is 6.31. The van der Waals surface area contributed by atoms with Crippen LogP contribution in [0.5, 0.6) is 0 Å². The third-order valence-corrected chi connectivity index (χ3v) is 3.58. The van der Waals surface area contributed by atoms with Gasteiger partial charge in [-0.05, 0) is 5.56 Å². The molecule has 0 saturated heterocycles. The van der Waals surface area contributed by atoms with E-state index in [1.165, 1.54) is 11.3 Å². The second kappa shape index (κ2) is 8.70. The maximum atomic E-state index is 11.8. The SMILES string of the molecule is C=CCNc1nc(C(=O)OCC(=O)NCc2ccccc2)cs1. The predicted molar refractivity (Wildman–Crippen MR) is 89.4 cm³/mol. The Morgan fingerprint density at radius 2 is 2.09 bits per heavy atom. The van der Waals surface area contributed by atoms with Crippen molar-refractivity contribution in [2.24, 2.45) is 0 Å². The van der Waals surface area contributed by atoms with Crippen LogP contribution in [0.1, 0.15) is 16.1 Å². The first-order valence-electron chi connectivity index (χ1n) is 6.97. The lowest BCUT2D eigenvalue weighted by atomic mass is 10.2. The van der Waals surface area contributed by atoms with Gasteiger partial charge in [0.1, 0.15) is 0 Å². The van der Waals surface area contributed by atoms with E-state index < -0.39 is 5.97 Å². The van der Waals surface area contributed by atoms with Gasteiger partial charge < -0.3 is 15.4 Å². The lowest BCUT2D eigenvalue weighted by Crippen LogP contribution is -2.28. The van der Waals surface area contributed by atoms with Crippen LogP contribution in [-0.2, 0) is 16.1 Å². The Hall–Kier alpha value is -2.67. The number of amides is 1. The van der Waals surface area contributed by atoms with Crippen molar-refractivity contribution >= 4 is 28.3 Å². The maximum absolute atomic E-state index is 11.8. The molecule has 23 heavy (non-hydrogen) atoms. The highest BCUT2D eigenvalue weighted by molar-refractivity contribution is 7.13. The van der Waals surface area contributed by atoms with Gasteiger partial charge in [-0.3, -0.25) is 4.79 Å². The molecule has 0 radical (unpaired) electrons. The molecule has 7 heteroatoms. The second-order valence-corrected chi connectivity index (χ2v) is 5.40. The van der Waals surface area contributed by atoms with Crippen molar-refractivity contribution in [1.82, 2.24) is 10.3 Å². The number of aromatic nitrogens is 1. The molecule has 2 N–H and O–H groups in total. The Morgan fingerprint density at radius 3 is 2.83 bits per heavy atom. The van der Waals surface area contributed by atoms with Crippen molar-refractivity contribution in [3.8, 4) is 0 Å². The number of nitrogens with one attached hydrogen (secondary N) is 2. The summed E-state index contributed by atoms with van der Waals surface area (Å²) in [5, 5.41) is 7.84. The molecule has 2 rings (SSSR count). The number of hydrogen-bond donors (Lipinski definition) is 2. The zero-order valence-corrected chi connectivity index (χ0v) is 13.3. The number of esters is 1. The number of thiazole rings is 1. The van der Waals surface area contributed by atoms with Gasteiger partial charge >= 0.3 is 5.97 Å². The van der Waals surface area contributed by atoms with Gasteiger partial charge in [0, 0.05) is 18.5 Å². The Labute approximate surface area is 138 Å². The standard InChI is InChI=1S/C16H17N3O3S/c1-2-8-17-16-19-13(11-23-16)15(21)22-10-14(20)18-9-12-6-4-3-5-7-12/h2-7,11H,1,8-10H2,(H,17,19)(H,18,20). The number of anilines is 1. The highest BCUT2D eigenvalue weighted by Crippen LogP contribution is 2.15. The van der Waals surface area contributed by atoms with Gasteiger partial charge in [-0.25, -0.2) is 9.78 Å². The van der Waals surface area contributed by atoms with Crippen LogP contribution in [0.3, 0.4) is 0 Å². The molecule has 0 spiro atoms. The molecular formula is C16H17N3O3S. The number of benzene rings is 1. The summed E-state index contributed by atoms with van der Waals surface area (Å²) in [6.07, 6.45) is 1.69. The van der Waals surface area contributed by atoms with Crippen molar-refractivity contribution in [2.45, 2.75) is 6.54 Å². The van der Waals surface area contributed by atoms with Crippen LogP contribution in [0.4, 0.5) is 5.13 Å². The molecule has 2 aromatic rings. The summed E-state index contributed by atoms with van der Waals surface area (Å²) < 4.78 is 4.94. The summed E-state index contributed by atoms with van der Waals surface area (Å²) in [5.74, 6) is -0.981. The molecule has 0 aliphatic rings. The van der Waals surface area contributed by atoms with E-state index in [0.717, 1.165) is 5.56 Å². The monoisotopic (exact) mass is 331 g/mol. The largest absolute Gasteiger partial charge is 0.451 e. The lowest BCUT2D eigenvalue weighted by molar-refractivity contribution is -0.124. The topological polar surface area (TPSA) is 80.3 Å². The number of rotatable bonds is 8. The minimum atomic E-state index is -0.622. The van der Waals surface area contributed by atoms with Gasteiger partial charge in [0.05, 0.1) is 0 Å². The minimum Gasteiger partial charge on any atom is -0.451 e. The molecular weight excluding hydrogens is 314 g/mol. The summed E-state index contributed by atoms with van der Waals surface area (Å²) in [6, 6.07) is 9.49. The number of ether oxygens (including phenoxy) is 1. The van der Waals surface area contributed by atoms with E-state index in [9.17, 15) is 9.59 Å². The number of carbonyl (C=O) groups is 2. The van der Waals surface area contributed by atoms with Gasteiger partial charge in [-0.15, -0.1) is 17.9 Å². The van der Waals surface area contributed by atoms with Crippen molar-refractivity contribution in [3.63, 3.8) is 0 Å². The molecule has 1 aromatic heterocycles. The summed E-state index contributed by atoms with van der Waals surface area (Å²) in [5.41, 5.74) is 1.15. The van der Waals surface area contributed by atoms with Crippen LogP contribution in [0.2, 0.25) is 0 Å². The molecule has 0 aliphatic carbocycles. The van der Waals surface area contributed by atoms with E-state index in [4.69, 9.17) is 4.74 Å². The quantitative estimate of drug-likeness (QED) is 0.573. The fraction of sp³-hybridized carbons (Fsp3) is 0.188. The van der Waals surface area contributed by atoms with Crippen LogP contribution < -0.4 is 10.6 Å². The Balaban J connectivity index is 1.74. The summed E-state index contributed by atoms with van der Waals surface area (Å²) in [4.78, 5) is 27.5. The van der Waals surface area contributed by atoms with Crippen molar-refractivity contribution < 1.29 is 14.3 Å². The highest BCUT2D eigenvalue weighted by atomic mass is 32.1. The van der Waals surface area contributed by atoms with E-state index in [1.807, 2.05) is 30.3 Å². The zero-order chi connectivity index (χ0) is 16.5. The summed E-state index contributed by atoms with van der Waals surface area (Å²) >= 11 is 1.29. The van der Waals surface area contributed by atoms with Gasteiger partial charge in [-0.1, -0.05) is 36.4 Å². The van der Waals surface area contributed by atoms with E-state index in [-0.39, 0.29) is 18.2 Å². The van der Waals surface area contributed by atoms with E-state index in [2.05, 4.69) is 22.2 Å². The van der Waals surface area contributed by atoms with Gasteiger partial charge in [0.15, 0.2) is 17.4 Å². The average Bonchev–Trinajstić information content (AvgIpc) is 3.06. The number of hydrogen-bond acceptors (Lipinski definition) is 6. The molecule has 1 heterocycles. The number of carbonyl (C=O) groups excluding carboxylic acids is 2. The molecule has 0 bridgehead atoms. The van der Waals surface area contributed by atoms with E-state index in [0.29, 0.717) is 18.2 Å². The average molecular weight is 331 g/mol. The van der Waals surface area contributed by atoms with Crippen molar-refractivity contribution in [1.29, 1.82) is 0 Å². The van der Waals surface area contributed by atoms with Gasteiger partial charge in [0.25, 0.3) is 5.91 Å². The molecule has 0 saturated carbocycles.